The van der Waals surface area contributed by atoms with E-state index in [-0.39, 0.29) is 28.2 Å². The number of thioether (sulfide) groups is 1. The van der Waals surface area contributed by atoms with Crippen LogP contribution in [0, 0.1) is 0 Å². The monoisotopic (exact) mass is 422 g/mol. The molecule has 0 aromatic heterocycles. The largest absolute Gasteiger partial charge is 0.363 e. The van der Waals surface area contributed by atoms with Crippen molar-refractivity contribution in [2.45, 2.75) is 24.7 Å². The molecule has 120 valence electrons. The standard InChI is InChI=1S/C15H16Cl2N2OS.BrH/c16-11-3-2-10(8-12(11)17)15(4-1-5-15)13(20)9-21-14-18-6-7-19-14;/h2-3,8H,1,4-7,9H2,(H,18,19);1H. The van der Waals surface area contributed by atoms with Crippen molar-refractivity contribution in [1.29, 1.82) is 0 Å². The van der Waals surface area contributed by atoms with E-state index in [1.165, 1.54) is 11.8 Å². The van der Waals surface area contributed by atoms with Crippen LogP contribution in [-0.4, -0.2) is 29.8 Å². The van der Waals surface area contributed by atoms with Gasteiger partial charge in [-0.05, 0) is 30.5 Å². The van der Waals surface area contributed by atoms with Crippen molar-refractivity contribution in [2.24, 2.45) is 4.99 Å². The normalized spacial score (nSPS) is 18.7. The van der Waals surface area contributed by atoms with E-state index in [4.69, 9.17) is 23.2 Å². The molecule has 1 saturated carbocycles. The lowest BCUT2D eigenvalue weighted by molar-refractivity contribution is -0.124. The van der Waals surface area contributed by atoms with E-state index < -0.39 is 0 Å². The fourth-order valence-electron chi connectivity index (χ4n) is 2.80. The van der Waals surface area contributed by atoms with Crippen molar-refractivity contribution in [2.75, 3.05) is 18.8 Å². The van der Waals surface area contributed by atoms with Crippen LogP contribution in [-0.2, 0) is 10.2 Å². The van der Waals surface area contributed by atoms with Crippen molar-refractivity contribution >= 4 is 62.9 Å². The Bertz CT molecular complexity index is 605. The molecule has 0 bridgehead atoms. The summed E-state index contributed by atoms with van der Waals surface area (Å²) >= 11 is 13.6. The predicted molar refractivity (Wildman–Crippen MR) is 100 cm³/mol. The summed E-state index contributed by atoms with van der Waals surface area (Å²) in [5.41, 5.74) is 0.621. The minimum Gasteiger partial charge on any atom is -0.363 e. The molecule has 1 aromatic rings. The predicted octanol–water partition coefficient (Wildman–Crippen LogP) is 4.25. The van der Waals surface area contributed by atoms with Gasteiger partial charge in [0, 0.05) is 6.54 Å². The van der Waals surface area contributed by atoms with Crippen molar-refractivity contribution in [3.05, 3.63) is 33.8 Å². The maximum absolute atomic E-state index is 12.7. The highest BCUT2D eigenvalue weighted by atomic mass is 79.9. The first kappa shape index (κ1) is 18.1. The van der Waals surface area contributed by atoms with E-state index >= 15 is 0 Å². The highest BCUT2D eigenvalue weighted by Crippen LogP contribution is 2.46. The number of amidine groups is 1. The molecule has 0 radical (unpaired) electrons. The molecule has 3 rings (SSSR count). The number of benzene rings is 1. The zero-order chi connectivity index (χ0) is 14.9. The van der Waals surface area contributed by atoms with Crippen LogP contribution in [0.3, 0.4) is 0 Å². The summed E-state index contributed by atoms with van der Waals surface area (Å²) in [6.07, 6.45) is 2.87. The Morgan fingerprint density at radius 2 is 2.09 bits per heavy atom. The molecule has 1 N–H and O–H groups in total. The lowest BCUT2D eigenvalue weighted by Crippen LogP contribution is -2.43. The molecule has 7 heteroatoms. The summed E-state index contributed by atoms with van der Waals surface area (Å²) < 4.78 is 0. The Morgan fingerprint density at radius 3 is 2.64 bits per heavy atom. The Kier molecular flexibility index (Phi) is 6.22. The second-order valence-corrected chi connectivity index (χ2v) is 7.17. The molecule has 22 heavy (non-hydrogen) atoms. The average Bonchev–Trinajstić information content (AvgIpc) is 2.92. The first-order chi connectivity index (χ1) is 10.1. The fraction of sp³-hybridized carbons (Fsp3) is 0.467. The van der Waals surface area contributed by atoms with Gasteiger partial charge in [0.1, 0.15) is 0 Å². The lowest BCUT2D eigenvalue weighted by atomic mass is 9.62. The molecule has 0 unspecified atom stereocenters. The van der Waals surface area contributed by atoms with Gasteiger partial charge in [-0.1, -0.05) is 47.5 Å². The number of carbonyl (C=O) groups excluding carboxylic acids is 1. The first-order valence-corrected chi connectivity index (χ1v) is 8.76. The second-order valence-electron chi connectivity index (χ2n) is 5.39. The van der Waals surface area contributed by atoms with E-state index in [1.807, 2.05) is 12.1 Å². The first-order valence-electron chi connectivity index (χ1n) is 7.02. The van der Waals surface area contributed by atoms with Gasteiger partial charge in [-0.2, -0.15) is 0 Å². The molecule has 2 aliphatic rings. The maximum Gasteiger partial charge on any atom is 0.157 e. The molecule has 1 aliphatic carbocycles. The van der Waals surface area contributed by atoms with Gasteiger partial charge < -0.3 is 5.32 Å². The van der Waals surface area contributed by atoms with Crippen molar-refractivity contribution in [1.82, 2.24) is 5.32 Å². The highest BCUT2D eigenvalue weighted by Gasteiger charge is 2.45. The van der Waals surface area contributed by atoms with Crippen molar-refractivity contribution in [3.8, 4) is 0 Å². The van der Waals surface area contributed by atoms with E-state index in [2.05, 4.69) is 10.3 Å². The number of nitrogens with zero attached hydrogens (tertiary/aromatic N) is 1. The van der Waals surface area contributed by atoms with Crippen molar-refractivity contribution in [3.63, 3.8) is 0 Å². The number of carbonyl (C=O) groups is 1. The third-order valence-electron chi connectivity index (χ3n) is 4.20. The van der Waals surface area contributed by atoms with Gasteiger partial charge in [0.05, 0.1) is 27.8 Å². The number of ketones is 1. The van der Waals surface area contributed by atoms with Crippen molar-refractivity contribution < 1.29 is 4.79 Å². The van der Waals surface area contributed by atoms with Gasteiger partial charge in [-0.25, -0.2) is 0 Å². The zero-order valence-electron chi connectivity index (χ0n) is 11.9. The van der Waals surface area contributed by atoms with Crippen LogP contribution in [0.25, 0.3) is 0 Å². The van der Waals surface area contributed by atoms with E-state index in [1.54, 1.807) is 6.07 Å². The average molecular weight is 424 g/mol. The molecule has 1 fully saturated rings. The maximum atomic E-state index is 12.7. The Morgan fingerprint density at radius 1 is 1.32 bits per heavy atom. The number of halogens is 3. The number of aliphatic imine (C=N–C) groups is 1. The summed E-state index contributed by atoms with van der Waals surface area (Å²) in [5, 5.41) is 5.10. The minimum atomic E-state index is -0.375. The van der Waals surface area contributed by atoms with Gasteiger partial charge in [0.2, 0.25) is 0 Å². The van der Waals surface area contributed by atoms with E-state index in [0.717, 1.165) is 43.1 Å². The van der Waals surface area contributed by atoms with Crippen LogP contribution in [0.1, 0.15) is 24.8 Å². The SMILES string of the molecule is Br.O=C(CSC1=NCCN1)C1(c2ccc(Cl)c(Cl)c2)CCC1. The van der Waals surface area contributed by atoms with Crippen LogP contribution in [0.2, 0.25) is 10.0 Å². The minimum absolute atomic E-state index is 0. The van der Waals surface area contributed by atoms with Crippen LogP contribution in [0.15, 0.2) is 23.2 Å². The number of nitrogens with one attached hydrogen (secondary N) is 1. The van der Waals surface area contributed by atoms with Crippen LogP contribution in [0.5, 0.6) is 0 Å². The molecule has 0 spiro atoms. The van der Waals surface area contributed by atoms with Crippen LogP contribution in [0.4, 0.5) is 0 Å². The molecular weight excluding hydrogens is 407 g/mol. The third-order valence-corrected chi connectivity index (χ3v) is 5.89. The lowest BCUT2D eigenvalue weighted by Gasteiger charge is -2.41. The third kappa shape index (κ3) is 3.48. The molecule has 0 saturated heterocycles. The second kappa shape index (κ2) is 7.56. The van der Waals surface area contributed by atoms with Gasteiger partial charge in [0.25, 0.3) is 0 Å². The summed E-state index contributed by atoms with van der Waals surface area (Å²) in [4.78, 5) is 17.0. The van der Waals surface area contributed by atoms with Gasteiger partial charge in [0.15, 0.2) is 11.0 Å². The number of Topliss-reactive ketones (excluding diaryl/α,β-unsaturated/α-hetero) is 1. The summed E-state index contributed by atoms with van der Waals surface area (Å²) in [5.74, 6) is 0.708. The molecule has 1 aliphatic heterocycles. The Hall–Kier alpha value is -0.230. The molecule has 0 atom stereocenters. The Labute approximate surface area is 155 Å². The quantitative estimate of drug-likeness (QED) is 0.786. The fourth-order valence-corrected chi connectivity index (χ4v) is 4.03. The van der Waals surface area contributed by atoms with E-state index in [9.17, 15) is 4.79 Å². The van der Waals surface area contributed by atoms with Gasteiger partial charge >= 0.3 is 0 Å². The van der Waals surface area contributed by atoms with Gasteiger partial charge in [-0.3, -0.25) is 9.79 Å². The van der Waals surface area contributed by atoms with E-state index in [0.29, 0.717) is 15.8 Å². The zero-order valence-corrected chi connectivity index (χ0v) is 15.9. The van der Waals surface area contributed by atoms with Crippen LogP contribution >= 0.6 is 51.9 Å². The summed E-state index contributed by atoms with van der Waals surface area (Å²) in [6.45, 7) is 1.67. The van der Waals surface area contributed by atoms with Crippen LogP contribution < -0.4 is 5.32 Å². The summed E-state index contributed by atoms with van der Waals surface area (Å²) in [6, 6.07) is 5.56. The number of rotatable bonds is 4. The summed E-state index contributed by atoms with van der Waals surface area (Å²) in [7, 11) is 0. The molecule has 0 amide bonds. The molecule has 3 nitrogen and oxygen atoms in total. The highest BCUT2D eigenvalue weighted by molar-refractivity contribution is 8.93. The Balaban J connectivity index is 0.00000176. The molecule has 1 heterocycles. The van der Waals surface area contributed by atoms with Gasteiger partial charge in [-0.15, -0.1) is 17.0 Å². The topological polar surface area (TPSA) is 41.5 Å². The molecular formula is C15H17BrCl2N2OS. The number of hydrogen-bond acceptors (Lipinski definition) is 4. The smallest absolute Gasteiger partial charge is 0.157 e. The number of hydrogen-bond donors (Lipinski definition) is 1. The molecule has 1 aromatic carbocycles.